The smallest absolute Gasteiger partial charge is 0.298 e. The molecule has 3 fully saturated rings. The first-order valence-corrected chi connectivity index (χ1v) is 7.14. The molecule has 1 aromatic rings. The van der Waals surface area contributed by atoms with Crippen molar-refractivity contribution in [2.75, 3.05) is 7.11 Å². The van der Waals surface area contributed by atoms with Gasteiger partial charge >= 0.3 is 0 Å². The van der Waals surface area contributed by atoms with Gasteiger partial charge in [-0.1, -0.05) is 0 Å². The van der Waals surface area contributed by atoms with Crippen molar-refractivity contribution in [1.29, 1.82) is 0 Å². The number of benzene rings is 1. The minimum absolute atomic E-state index is 0.0344. The molecule has 0 spiro atoms. The molecule has 1 aromatic carbocycles. The standard InChI is InChI=1S/C16H20O4/c1-18-15-6-9-16(10-7-15,11-8-15)20-14-4-2-13(3-5-14)19-12-17/h2-5,12H,6-11H2,1H3. The first-order chi connectivity index (χ1) is 9.69. The molecule has 0 aliphatic heterocycles. The molecular weight excluding hydrogens is 256 g/mol. The molecule has 0 atom stereocenters. The summed E-state index contributed by atoms with van der Waals surface area (Å²) in [6.07, 6.45) is 6.38. The molecule has 0 radical (unpaired) electrons. The zero-order chi connectivity index (χ0) is 14.1. The summed E-state index contributed by atoms with van der Waals surface area (Å²) in [5, 5.41) is 0. The first kappa shape index (κ1) is 13.4. The normalized spacial score (nSPS) is 31.9. The SMILES string of the molecule is COC12CCC(Oc3ccc(OC=O)cc3)(CC1)CC2. The van der Waals surface area contributed by atoms with Crippen molar-refractivity contribution in [3.8, 4) is 11.5 Å². The Morgan fingerprint density at radius 1 is 0.900 bits per heavy atom. The Morgan fingerprint density at radius 2 is 1.40 bits per heavy atom. The first-order valence-electron chi connectivity index (χ1n) is 7.14. The second kappa shape index (κ2) is 5.09. The van der Waals surface area contributed by atoms with Crippen LogP contribution in [0.15, 0.2) is 24.3 Å². The molecule has 0 amide bonds. The summed E-state index contributed by atoms with van der Waals surface area (Å²) in [6.45, 7) is 0.432. The number of rotatable bonds is 5. The quantitative estimate of drug-likeness (QED) is 0.775. The third-order valence-electron chi connectivity index (χ3n) is 4.88. The van der Waals surface area contributed by atoms with Crippen LogP contribution in [0.5, 0.6) is 11.5 Å². The zero-order valence-electron chi connectivity index (χ0n) is 11.8. The number of carbonyl (C=O) groups is 1. The fourth-order valence-electron chi connectivity index (χ4n) is 3.47. The number of hydrogen-bond acceptors (Lipinski definition) is 4. The van der Waals surface area contributed by atoms with E-state index in [1.165, 1.54) is 0 Å². The van der Waals surface area contributed by atoms with Crippen molar-refractivity contribution < 1.29 is 19.0 Å². The maximum atomic E-state index is 10.3. The van der Waals surface area contributed by atoms with Gasteiger partial charge in [-0.2, -0.15) is 0 Å². The minimum atomic E-state index is -0.0344. The maximum Gasteiger partial charge on any atom is 0.298 e. The molecular formula is C16H20O4. The van der Waals surface area contributed by atoms with E-state index in [0.717, 1.165) is 44.3 Å². The molecule has 3 aliphatic carbocycles. The van der Waals surface area contributed by atoms with Crippen LogP contribution in [0.2, 0.25) is 0 Å². The third kappa shape index (κ3) is 2.40. The Kier molecular flexibility index (Phi) is 3.42. The second-order valence-corrected chi connectivity index (χ2v) is 5.86. The Hall–Kier alpha value is -1.55. The van der Waals surface area contributed by atoms with Gasteiger partial charge in [0.1, 0.15) is 17.1 Å². The van der Waals surface area contributed by atoms with E-state index in [9.17, 15) is 4.79 Å². The topological polar surface area (TPSA) is 44.8 Å². The molecule has 0 heterocycles. The summed E-state index contributed by atoms with van der Waals surface area (Å²) < 4.78 is 16.7. The van der Waals surface area contributed by atoms with E-state index in [4.69, 9.17) is 14.2 Å². The molecule has 0 unspecified atom stereocenters. The number of methoxy groups -OCH3 is 1. The van der Waals surface area contributed by atoms with E-state index in [0.29, 0.717) is 12.2 Å². The van der Waals surface area contributed by atoms with Crippen LogP contribution in [0, 0.1) is 0 Å². The van der Waals surface area contributed by atoms with Crippen molar-refractivity contribution in [3.63, 3.8) is 0 Å². The van der Waals surface area contributed by atoms with Crippen LogP contribution in [0.25, 0.3) is 0 Å². The van der Waals surface area contributed by atoms with E-state index >= 15 is 0 Å². The summed E-state index contributed by atoms with van der Waals surface area (Å²) in [5.41, 5.74) is 0.0695. The summed E-state index contributed by atoms with van der Waals surface area (Å²) in [7, 11) is 1.82. The average molecular weight is 276 g/mol. The van der Waals surface area contributed by atoms with E-state index < -0.39 is 0 Å². The molecule has 4 rings (SSSR count). The van der Waals surface area contributed by atoms with Crippen molar-refractivity contribution in [3.05, 3.63) is 24.3 Å². The number of carbonyl (C=O) groups excluding carboxylic acids is 1. The lowest BCUT2D eigenvalue weighted by Crippen LogP contribution is -2.53. The van der Waals surface area contributed by atoms with E-state index in [2.05, 4.69) is 0 Å². The number of hydrogen-bond donors (Lipinski definition) is 0. The highest BCUT2D eigenvalue weighted by molar-refractivity contribution is 5.46. The Morgan fingerprint density at radius 3 is 1.90 bits per heavy atom. The lowest BCUT2D eigenvalue weighted by molar-refractivity contribution is -0.142. The molecule has 20 heavy (non-hydrogen) atoms. The largest absolute Gasteiger partial charge is 0.487 e. The summed E-state index contributed by atoms with van der Waals surface area (Å²) >= 11 is 0. The predicted molar refractivity (Wildman–Crippen MR) is 73.9 cm³/mol. The van der Waals surface area contributed by atoms with Crippen molar-refractivity contribution in [1.82, 2.24) is 0 Å². The molecule has 3 saturated carbocycles. The Bertz CT molecular complexity index is 455. The van der Waals surface area contributed by atoms with Gasteiger partial charge in [-0.3, -0.25) is 4.79 Å². The Labute approximate surface area is 119 Å². The van der Waals surface area contributed by atoms with Crippen LogP contribution >= 0.6 is 0 Å². The van der Waals surface area contributed by atoms with Gasteiger partial charge < -0.3 is 14.2 Å². The molecule has 0 N–H and O–H groups in total. The molecule has 0 saturated heterocycles. The Balaban J connectivity index is 1.67. The highest BCUT2D eigenvalue weighted by atomic mass is 16.5. The van der Waals surface area contributed by atoms with Crippen molar-refractivity contribution in [2.24, 2.45) is 0 Å². The van der Waals surface area contributed by atoms with E-state index in [1.807, 2.05) is 19.2 Å². The number of ether oxygens (including phenoxy) is 3. The fourth-order valence-corrected chi connectivity index (χ4v) is 3.47. The third-order valence-corrected chi connectivity index (χ3v) is 4.88. The van der Waals surface area contributed by atoms with Gasteiger partial charge in [-0.05, 0) is 62.8 Å². The highest BCUT2D eigenvalue weighted by Gasteiger charge is 2.50. The lowest BCUT2D eigenvalue weighted by Gasteiger charge is -2.52. The van der Waals surface area contributed by atoms with Gasteiger partial charge in [0.25, 0.3) is 6.47 Å². The molecule has 4 nitrogen and oxygen atoms in total. The molecule has 0 aromatic heterocycles. The van der Waals surface area contributed by atoms with Crippen molar-refractivity contribution >= 4 is 6.47 Å². The zero-order valence-corrected chi connectivity index (χ0v) is 11.8. The van der Waals surface area contributed by atoms with Crippen LogP contribution < -0.4 is 9.47 Å². The summed E-state index contributed by atoms with van der Waals surface area (Å²) in [4.78, 5) is 10.3. The molecule has 4 heteroatoms. The molecule has 108 valence electrons. The van der Waals surface area contributed by atoms with Crippen LogP contribution in [0.4, 0.5) is 0 Å². The predicted octanol–water partition coefficient (Wildman–Crippen LogP) is 3.09. The highest BCUT2D eigenvalue weighted by Crippen LogP contribution is 2.50. The number of fused-ring (bicyclic) bond motifs is 3. The molecule has 2 bridgehead atoms. The van der Waals surface area contributed by atoms with Crippen LogP contribution in [0.1, 0.15) is 38.5 Å². The summed E-state index contributed by atoms with van der Waals surface area (Å²) in [5.74, 6) is 1.38. The summed E-state index contributed by atoms with van der Waals surface area (Å²) in [6, 6.07) is 7.23. The monoisotopic (exact) mass is 276 g/mol. The van der Waals surface area contributed by atoms with Gasteiger partial charge in [0, 0.05) is 7.11 Å². The minimum Gasteiger partial charge on any atom is -0.487 e. The lowest BCUT2D eigenvalue weighted by atomic mass is 9.65. The van der Waals surface area contributed by atoms with E-state index in [-0.39, 0.29) is 11.2 Å². The second-order valence-electron chi connectivity index (χ2n) is 5.86. The van der Waals surface area contributed by atoms with E-state index in [1.54, 1.807) is 12.1 Å². The van der Waals surface area contributed by atoms with Crippen LogP contribution in [0.3, 0.4) is 0 Å². The van der Waals surface area contributed by atoms with Gasteiger partial charge in [0.2, 0.25) is 0 Å². The fraction of sp³-hybridized carbons (Fsp3) is 0.562. The molecule has 3 aliphatic rings. The average Bonchev–Trinajstić information content (AvgIpc) is 2.51. The van der Waals surface area contributed by atoms with Gasteiger partial charge in [-0.25, -0.2) is 0 Å². The maximum absolute atomic E-state index is 10.3. The van der Waals surface area contributed by atoms with Gasteiger partial charge in [0.05, 0.1) is 5.60 Å². The van der Waals surface area contributed by atoms with Crippen LogP contribution in [-0.4, -0.2) is 24.8 Å². The van der Waals surface area contributed by atoms with Crippen molar-refractivity contribution in [2.45, 2.75) is 49.7 Å². The van der Waals surface area contributed by atoms with Gasteiger partial charge in [0.15, 0.2) is 0 Å². The van der Waals surface area contributed by atoms with Crippen LogP contribution in [-0.2, 0) is 9.53 Å². The van der Waals surface area contributed by atoms with Gasteiger partial charge in [-0.15, -0.1) is 0 Å².